The average molecular weight is 332 g/mol. The number of halogens is 1. The molecule has 2 rings (SSSR count). The molecule has 0 radical (unpaired) electrons. The number of hydrogen-bond donors (Lipinski definition) is 1. The third-order valence-corrected chi connectivity index (χ3v) is 3.92. The highest BCUT2D eigenvalue weighted by molar-refractivity contribution is 9.10. The minimum atomic E-state index is -0.167. The molecular formula is C16H14BrNO2. The Morgan fingerprint density at radius 1 is 1.05 bits per heavy atom. The van der Waals surface area contributed by atoms with Crippen LogP contribution < -0.4 is 5.32 Å². The summed E-state index contributed by atoms with van der Waals surface area (Å²) in [5, 5.41) is 2.82. The molecule has 1 N–H and O–H groups in total. The van der Waals surface area contributed by atoms with E-state index in [1.807, 2.05) is 19.1 Å². The predicted molar refractivity (Wildman–Crippen MR) is 83.3 cm³/mol. The maximum absolute atomic E-state index is 12.2. The summed E-state index contributed by atoms with van der Waals surface area (Å²) >= 11 is 3.41. The number of nitrogens with one attached hydrogen (secondary N) is 1. The van der Waals surface area contributed by atoms with Crippen LogP contribution in [-0.2, 0) is 0 Å². The fourth-order valence-electron chi connectivity index (χ4n) is 1.84. The number of anilines is 1. The Kier molecular flexibility index (Phi) is 4.35. The number of rotatable bonds is 3. The number of carbonyl (C=O) groups excluding carboxylic acids is 2. The lowest BCUT2D eigenvalue weighted by Gasteiger charge is -2.09. The van der Waals surface area contributed by atoms with Gasteiger partial charge in [0.2, 0.25) is 0 Å². The first-order valence-electron chi connectivity index (χ1n) is 6.16. The second kappa shape index (κ2) is 6.01. The molecule has 3 nitrogen and oxygen atoms in total. The lowest BCUT2D eigenvalue weighted by molar-refractivity contribution is 0.101. The van der Waals surface area contributed by atoms with Crippen LogP contribution >= 0.6 is 15.9 Å². The molecule has 0 atom stereocenters. The molecule has 0 aliphatic carbocycles. The van der Waals surface area contributed by atoms with E-state index >= 15 is 0 Å². The summed E-state index contributed by atoms with van der Waals surface area (Å²) in [7, 11) is 0. The van der Waals surface area contributed by atoms with Crippen molar-refractivity contribution in [3.63, 3.8) is 0 Å². The van der Waals surface area contributed by atoms with Gasteiger partial charge in [0.1, 0.15) is 0 Å². The number of ketones is 1. The van der Waals surface area contributed by atoms with Gasteiger partial charge >= 0.3 is 0 Å². The van der Waals surface area contributed by atoms with Crippen molar-refractivity contribution in [2.45, 2.75) is 13.8 Å². The van der Waals surface area contributed by atoms with E-state index in [0.29, 0.717) is 16.8 Å². The zero-order valence-electron chi connectivity index (χ0n) is 11.2. The van der Waals surface area contributed by atoms with Crippen LogP contribution in [0.1, 0.15) is 33.2 Å². The van der Waals surface area contributed by atoms with Gasteiger partial charge in [-0.3, -0.25) is 9.59 Å². The topological polar surface area (TPSA) is 46.2 Å². The van der Waals surface area contributed by atoms with Gasteiger partial charge in [-0.1, -0.05) is 22.0 Å². The Morgan fingerprint density at radius 3 is 2.30 bits per heavy atom. The molecule has 0 unspecified atom stereocenters. The average Bonchev–Trinajstić information content (AvgIpc) is 2.42. The van der Waals surface area contributed by atoms with Gasteiger partial charge in [-0.15, -0.1) is 0 Å². The summed E-state index contributed by atoms with van der Waals surface area (Å²) in [6.45, 7) is 3.40. The van der Waals surface area contributed by atoms with Crippen LogP contribution in [-0.4, -0.2) is 11.7 Å². The molecule has 0 heterocycles. The Bertz CT molecular complexity index is 663. The van der Waals surface area contributed by atoms with E-state index in [4.69, 9.17) is 0 Å². The van der Waals surface area contributed by atoms with Crippen molar-refractivity contribution in [3.8, 4) is 0 Å². The Labute approximate surface area is 126 Å². The SMILES string of the molecule is CC(=O)c1ccc(NC(=O)c2cccc(Br)c2C)cc1. The van der Waals surface area contributed by atoms with Gasteiger partial charge in [0.05, 0.1) is 0 Å². The first-order chi connectivity index (χ1) is 9.49. The summed E-state index contributed by atoms with van der Waals surface area (Å²) in [6, 6.07) is 12.3. The second-order valence-corrected chi connectivity index (χ2v) is 5.35. The van der Waals surface area contributed by atoms with Crippen LogP contribution in [0.3, 0.4) is 0 Å². The van der Waals surface area contributed by atoms with E-state index in [0.717, 1.165) is 10.0 Å². The first kappa shape index (κ1) is 14.5. The van der Waals surface area contributed by atoms with Gasteiger partial charge in [0, 0.05) is 21.3 Å². The number of Topliss-reactive ketones (excluding diaryl/α,β-unsaturated/α-hetero) is 1. The molecule has 2 aromatic carbocycles. The van der Waals surface area contributed by atoms with Crippen molar-refractivity contribution in [1.29, 1.82) is 0 Å². The third-order valence-electron chi connectivity index (χ3n) is 3.06. The molecule has 0 fully saturated rings. The minimum absolute atomic E-state index is 0.00529. The molecule has 20 heavy (non-hydrogen) atoms. The van der Waals surface area contributed by atoms with Gasteiger partial charge in [0.25, 0.3) is 5.91 Å². The quantitative estimate of drug-likeness (QED) is 0.856. The van der Waals surface area contributed by atoms with Gasteiger partial charge in [-0.05, 0) is 55.8 Å². The van der Waals surface area contributed by atoms with Crippen LogP contribution in [0.2, 0.25) is 0 Å². The first-order valence-corrected chi connectivity index (χ1v) is 6.96. The summed E-state index contributed by atoms with van der Waals surface area (Å²) in [5.41, 5.74) is 2.81. The van der Waals surface area contributed by atoms with Crippen molar-refractivity contribution in [3.05, 3.63) is 63.6 Å². The Morgan fingerprint density at radius 2 is 1.70 bits per heavy atom. The number of carbonyl (C=O) groups is 2. The molecule has 0 aliphatic rings. The van der Waals surface area contributed by atoms with Crippen LogP contribution in [0.25, 0.3) is 0 Å². The van der Waals surface area contributed by atoms with E-state index in [1.165, 1.54) is 6.92 Å². The van der Waals surface area contributed by atoms with E-state index in [9.17, 15) is 9.59 Å². The summed E-state index contributed by atoms with van der Waals surface area (Å²) in [5.74, 6) is -0.162. The highest BCUT2D eigenvalue weighted by Crippen LogP contribution is 2.20. The second-order valence-electron chi connectivity index (χ2n) is 4.50. The fourth-order valence-corrected chi connectivity index (χ4v) is 2.21. The van der Waals surface area contributed by atoms with Crippen LogP contribution in [0, 0.1) is 6.92 Å². The van der Waals surface area contributed by atoms with E-state index < -0.39 is 0 Å². The largest absolute Gasteiger partial charge is 0.322 e. The third kappa shape index (κ3) is 3.14. The van der Waals surface area contributed by atoms with E-state index in [2.05, 4.69) is 21.2 Å². The Balaban J connectivity index is 2.19. The normalized spacial score (nSPS) is 10.2. The van der Waals surface area contributed by atoms with Crippen molar-refractivity contribution in [1.82, 2.24) is 0 Å². The molecule has 0 saturated heterocycles. The summed E-state index contributed by atoms with van der Waals surface area (Å²) in [6.07, 6.45) is 0. The predicted octanol–water partition coefficient (Wildman–Crippen LogP) is 4.21. The van der Waals surface area contributed by atoms with Crippen molar-refractivity contribution in [2.75, 3.05) is 5.32 Å². The number of benzene rings is 2. The fraction of sp³-hybridized carbons (Fsp3) is 0.125. The Hall–Kier alpha value is -1.94. The lowest BCUT2D eigenvalue weighted by atomic mass is 10.1. The molecule has 0 spiro atoms. The number of hydrogen-bond acceptors (Lipinski definition) is 2. The smallest absolute Gasteiger partial charge is 0.255 e. The molecule has 102 valence electrons. The number of amides is 1. The molecule has 0 aliphatic heterocycles. The maximum atomic E-state index is 12.2. The molecule has 0 saturated carbocycles. The molecule has 2 aromatic rings. The minimum Gasteiger partial charge on any atom is -0.322 e. The van der Waals surface area contributed by atoms with E-state index in [-0.39, 0.29) is 11.7 Å². The summed E-state index contributed by atoms with van der Waals surface area (Å²) in [4.78, 5) is 23.4. The lowest BCUT2D eigenvalue weighted by Crippen LogP contribution is -2.13. The van der Waals surface area contributed by atoms with Gasteiger partial charge < -0.3 is 5.32 Å². The van der Waals surface area contributed by atoms with E-state index in [1.54, 1.807) is 30.3 Å². The van der Waals surface area contributed by atoms with Crippen molar-refractivity contribution < 1.29 is 9.59 Å². The highest BCUT2D eigenvalue weighted by Gasteiger charge is 2.11. The van der Waals surface area contributed by atoms with Crippen LogP contribution in [0.4, 0.5) is 5.69 Å². The molecular weight excluding hydrogens is 318 g/mol. The zero-order valence-corrected chi connectivity index (χ0v) is 12.8. The highest BCUT2D eigenvalue weighted by atomic mass is 79.9. The summed E-state index contributed by atoms with van der Waals surface area (Å²) < 4.78 is 0.900. The maximum Gasteiger partial charge on any atom is 0.255 e. The monoisotopic (exact) mass is 331 g/mol. The van der Waals surface area contributed by atoms with Gasteiger partial charge in [0.15, 0.2) is 5.78 Å². The van der Waals surface area contributed by atoms with Crippen molar-refractivity contribution in [2.24, 2.45) is 0 Å². The molecule has 0 bridgehead atoms. The van der Waals surface area contributed by atoms with Crippen molar-refractivity contribution >= 4 is 33.3 Å². The molecule has 0 aromatic heterocycles. The molecule has 4 heteroatoms. The molecule has 1 amide bonds. The van der Waals surface area contributed by atoms with Crippen LogP contribution in [0.5, 0.6) is 0 Å². The standard InChI is InChI=1S/C16H14BrNO2/c1-10-14(4-3-5-15(10)17)16(20)18-13-8-6-12(7-9-13)11(2)19/h3-9H,1-2H3,(H,18,20). The van der Waals surface area contributed by atoms with Gasteiger partial charge in [-0.2, -0.15) is 0 Å². The van der Waals surface area contributed by atoms with Crippen LogP contribution in [0.15, 0.2) is 46.9 Å². The zero-order chi connectivity index (χ0) is 14.7. The van der Waals surface area contributed by atoms with Gasteiger partial charge in [-0.25, -0.2) is 0 Å².